The monoisotopic (exact) mass is 820 g/mol. The van der Waals surface area contributed by atoms with Gasteiger partial charge in [0.05, 0.1) is 25.4 Å². The number of amides is 1. The van der Waals surface area contributed by atoms with Gasteiger partial charge in [0, 0.05) is 12.8 Å². The molecule has 0 fully saturated rings. The Morgan fingerprint density at radius 3 is 1.22 bits per heavy atom. The highest BCUT2D eigenvalue weighted by Gasteiger charge is 2.20. The first kappa shape index (κ1) is 56.6. The van der Waals surface area contributed by atoms with Crippen molar-refractivity contribution in [2.45, 2.75) is 296 Å². The highest BCUT2D eigenvalue weighted by atomic mass is 16.5. The number of carbonyl (C=O) groups is 2. The zero-order valence-electron chi connectivity index (χ0n) is 39.0. The Labute approximate surface area is 361 Å². The first-order valence-electron chi connectivity index (χ1n) is 25.9. The van der Waals surface area contributed by atoms with Gasteiger partial charge in [0.2, 0.25) is 5.91 Å². The molecule has 2 atom stereocenters. The number of aliphatic hydroxyl groups is 2. The summed E-state index contributed by atoms with van der Waals surface area (Å²) in [4.78, 5) is 24.4. The van der Waals surface area contributed by atoms with Crippen LogP contribution in [0.25, 0.3) is 0 Å². The quantitative estimate of drug-likeness (QED) is 0.0323. The number of unbranched alkanes of at least 4 members (excludes halogenated alkanes) is 35. The van der Waals surface area contributed by atoms with Gasteiger partial charge < -0.3 is 20.3 Å². The van der Waals surface area contributed by atoms with Crippen molar-refractivity contribution in [3.63, 3.8) is 0 Å². The van der Waals surface area contributed by atoms with Crippen LogP contribution in [0.15, 0.2) is 12.2 Å². The third-order valence-corrected chi connectivity index (χ3v) is 12.1. The summed E-state index contributed by atoms with van der Waals surface area (Å²) in [6.45, 7) is 4.93. The lowest BCUT2D eigenvalue weighted by atomic mass is 10.0. The van der Waals surface area contributed by atoms with Gasteiger partial charge in [-0.05, 0) is 51.4 Å². The van der Waals surface area contributed by atoms with E-state index in [2.05, 4.69) is 31.3 Å². The fraction of sp³-hybridized carbons (Fsp3) is 0.923. The van der Waals surface area contributed by atoms with Crippen LogP contribution in [-0.4, -0.2) is 47.4 Å². The Hall–Kier alpha value is -1.40. The summed E-state index contributed by atoms with van der Waals surface area (Å²) in [6, 6.07) is -0.552. The molecule has 1 amide bonds. The molecular formula is C52H101NO5. The predicted octanol–water partition coefficient (Wildman–Crippen LogP) is 15.3. The number of rotatable bonds is 48. The number of allylic oxidation sites excluding steroid dienone is 2. The lowest BCUT2D eigenvalue weighted by molar-refractivity contribution is -0.143. The van der Waals surface area contributed by atoms with E-state index >= 15 is 0 Å². The molecule has 0 saturated carbocycles. The van der Waals surface area contributed by atoms with Crippen molar-refractivity contribution in [3.05, 3.63) is 12.2 Å². The van der Waals surface area contributed by atoms with Gasteiger partial charge in [-0.25, -0.2) is 0 Å². The van der Waals surface area contributed by atoms with Crippen LogP contribution in [0, 0.1) is 0 Å². The van der Waals surface area contributed by atoms with Crippen LogP contribution in [0.3, 0.4) is 0 Å². The average molecular weight is 820 g/mol. The zero-order chi connectivity index (χ0) is 42.3. The van der Waals surface area contributed by atoms with Crippen LogP contribution >= 0.6 is 0 Å². The minimum Gasteiger partial charge on any atom is -0.466 e. The van der Waals surface area contributed by atoms with Gasteiger partial charge >= 0.3 is 5.97 Å². The first-order valence-corrected chi connectivity index (χ1v) is 25.9. The molecule has 344 valence electrons. The molecule has 0 aromatic carbocycles. The molecular weight excluding hydrogens is 719 g/mol. The number of aliphatic hydroxyl groups excluding tert-OH is 2. The number of ether oxygens (including phenoxy) is 1. The number of hydrogen-bond acceptors (Lipinski definition) is 5. The topological polar surface area (TPSA) is 95.9 Å². The molecule has 0 bridgehead atoms. The number of nitrogens with one attached hydrogen (secondary N) is 1. The van der Waals surface area contributed by atoms with Gasteiger partial charge in [-0.3, -0.25) is 9.59 Å². The Morgan fingerprint density at radius 1 is 0.466 bits per heavy atom. The van der Waals surface area contributed by atoms with Gasteiger partial charge in [0.1, 0.15) is 0 Å². The molecule has 0 aliphatic heterocycles. The average Bonchev–Trinajstić information content (AvgIpc) is 3.22. The van der Waals surface area contributed by atoms with Gasteiger partial charge in [-0.1, -0.05) is 231 Å². The highest BCUT2D eigenvalue weighted by molar-refractivity contribution is 5.76. The molecule has 0 aliphatic rings. The first-order chi connectivity index (χ1) is 28.5. The van der Waals surface area contributed by atoms with E-state index in [1.54, 1.807) is 0 Å². The van der Waals surface area contributed by atoms with E-state index in [-0.39, 0.29) is 18.5 Å². The molecule has 6 heteroatoms. The smallest absolute Gasteiger partial charge is 0.305 e. The maximum atomic E-state index is 12.4. The Morgan fingerprint density at radius 2 is 0.810 bits per heavy atom. The molecule has 2 unspecified atom stereocenters. The van der Waals surface area contributed by atoms with E-state index in [4.69, 9.17) is 4.74 Å². The van der Waals surface area contributed by atoms with Crippen molar-refractivity contribution >= 4 is 11.9 Å². The van der Waals surface area contributed by atoms with Crippen LogP contribution < -0.4 is 5.32 Å². The van der Waals surface area contributed by atoms with E-state index in [1.807, 2.05) is 0 Å². The standard InChI is InChI=1S/C52H101NO5/c1-3-5-7-9-11-13-15-16-21-25-28-32-36-40-44-50(55)49(48-54)53-51(56)45-41-37-33-29-26-22-19-17-18-20-23-27-31-35-39-43-47-58-52(57)46-42-38-34-30-24-14-12-10-8-6-4-2/h17,19,49-50,54-55H,3-16,18,20-48H2,1-2H3,(H,53,56)/b19-17-. The molecule has 0 heterocycles. The van der Waals surface area contributed by atoms with E-state index in [9.17, 15) is 19.8 Å². The second kappa shape index (κ2) is 48.3. The molecule has 0 aromatic rings. The molecule has 0 rings (SSSR count). The molecule has 0 spiro atoms. The second-order valence-corrected chi connectivity index (χ2v) is 17.9. The number of hydrogen-bond donors (Lipinski definition) is 3. The summed E-state index contributed by atoms with van der Waals surface area (Å²) in [5.74, 6) is -0.0542. The largest absolute Gasteiger partial charge is 0.466 e. The summed E-state index contributed by atoms with van der Waals surface area (Å²) in [5.41, 5.74) is 0. The summed E-state index contributed by atoms with van der Waals surface area (Å²) >= 11 is 0. The van der Waals surface area contributed by atoms with E-state index in [1.165, 1.54) is 186 Å². The van der Waals surface area contributed by atoms with Crippen molar-refractivity contribution in [2.24, 2.45) is 0 Å². The Balaban J connectivity index is 3.47. The van der Waals surface area contributed by atoms with Crippen LogP contribution in [-0.2, 0) is 14.3 Å². The molecule has 0 saturated heterocycles. The van der Waals surface area contributed by atoms with Crippen LogP contribution in [0.5, 0.6) is 0 Å². The van der Waals surface area contributed by atoms with Gasteiger partial charge in [0.15, 0.2) is 0 Å². The SMILES string of the molecule is CCCCCCCCCCCCCCCCC(O)C(CO)NC(=O)CCCCCCC/C=C\CCCCCCCCCOC(=O)CCCCCCCCCCCCC. The van der Waals surface area contributed by atoms with Crippen molar-refractivity contribution < 1.29 is 24.5 Å². The van der Waals surface area contributed by atoms with E-state index < -0.39 is 12.1 Å². The molecule has 3 N–H and O–H groups in total. The zero-order valence-corrected chi connectivity index (χ0v) is 39.0. The minimum atomic E-state index is -0.673. The van der Waals surface area contributed by atoms with Gasteiger partial charge in [-0.15, -0.1) is 0 Å². The van der Waals surface area contributed by atoms with Crippen molar-refractivity contribution in [2.75, 3.05) is 13.2 Å². The highest BCUT2D eigenvalue weighted by Crippen LogP contribution is 2.16. The van der Waals surface area contributed by atoms with Gasteiger partial charge in [-0.2, -0.15) is 0 Å². The summed E-state index contributed by atoms with van der Waals surface area (Å²) in [6.07, 6.45) is 54.6. The van der Waals surface area contributed by atoms with Crippen LogP contribution in [0.4, 0.5) is 0 Å². The molecule has 0 radical (unpaired) electrons. The van der Waals surface area contributed by atoms with Crippen molar-refractivity contribution in [3.8, 4) is 0 Å². The van der Waals surface area contributed by atoms with E-state index in [0.29, 0.717) is 25.9 Å². The molecule has 0 aliphatic carbocycles. The summed E-state index contributed by atoms with van der Waals surface area (Å²) in [5, 5.41) is 23.2. The lowest BCUT2D eigenvalue weighted by Gasteiger charge is -2.22. The fourth-order valence-electron chi connectivity index (χ4n) is 8.05. The van der Waals surface area contributed by atoms with E-state index in [0.717, 1.165) is 64.2 Å². The Bertz CT molecular complexity index is 863. The third kappa shape index (κ3) is 44.2. The third-order valence-electron chi connectivity index (χ3n) is 12.1. The normalized spacial score (nSPS) is 12.7. The number of esters is 1. The summed E-state index contributed by atoms with van der Waals surface area (Å²) < 4.78 is 5.44. The fourth-order valence-corrected chi connectivity index (χ4v) is 8.05. The summed E-state index contributed by atoms with van der Waals surface area (Å²) in [7, 11) is 0. The van der Waals surface area contributed by atoms with Crippen molar-refractivity contribution in [1.82, 2.24) is 5.32 Å². The second-order valence-electron chi connectivity index (χ2n) is 17.9. The molecule has 6 nitrogen and oxygen atoms in total. The molecule has 0 aromatic heterocycles. The van der Waals surface area contributed by atoms with Crippen molar-refractivity contribution in [1.29, 1.82) is 0 Å². The van der Waals surface area contributed by atoms with Crippen LogP contribution in [0.2, 0.25) is 0 Å². The van der Waals surface area contributed by atoms with Crippen LogP contribution in [0.1, 0.15) is 284 Å². The Kier molecular flexibility index (Phi) is 47.1. The molecule has 58 heavy (non-hydrogen) atoms. The number of carbonyl (C=O) groups excluding carboxylic acids is 2. The maximum absolute atomic E-state index is 12.4. The maximum Gasteiger partial charge on any atom is 0.305 e. The predicted molar refractivity (Wildman–Crippen MR) is 250 cm³/mol. The van der Waals surface area contributed by atoms with Gasteiger partial charge in [0.25, 0.3) is 0 Å². The lowest BCUT2D eigenvalue weighted by Crippen LogP contribution is -2.45. The minimum absolute atomic E-state index is 0.00302.